The predicted octanol–water partition coefficient (Wildman–Crippen LogP) is 3.17. The first-order chi connectivity index (χ1) is 22.2. The molecule has 4 saturated heterocycles. The van der Waals surface area contributed by atoms with Crippen molar-refractivity contribution in [3.63, 3.8) is 0 Å². The Kier molecular flexibility index (Phi) is 10.9. The topological polar surface area (TPSA) is 170 Å². The van der Waals surface area contributed by atoms with Gasteiger partial charge in [0.15, 0.2) is 48.6 Å². The van der Waals surface area contributed by atoms with Crippen LogP contribution in [0.15, 0.2) is 0 Å². The van der Waals surface area contributed by atoms with Crippen LogP contribution in [0.5, 0.6) is 0 Å². The second kappa shape index (κ2) is 13.6. The number of ether oxygens (including phenoxy) is 11. The summed E-state index contributed by atoms with van der Waals surface area (Å²) in [6.07, 6.45) is -11.4. The van der Waals surface area contributed by atoms with E-state index >= 15 is 0 Å². The molecule has 0 aliphatic carbocycles. The third-order valence-corrected chi connectivity index (χ3v) is 8.17. The number of carbonyl (C=O) groups is 4. The summed E-state index contributed by atoms with van der Waals surface area (Å²) in [4.78, 5) is 53.3. The molecule has 4 aliphatic heterocycles. The Morgan fingerprint density at radius 1 is 0.592 bits per heavy atom. The van der Waals surface area contributed by atoms with E-state index in [9.17, 15) is 19.2 Å². The third-order valence-electron chi connectivity index (χ3n) is 8.17. The Bertz CT molecular complexity index is 1260. The average molecular weight is 703 g/mol. The zero-order chi connectivity index (χ0) is 37.1. The minimum absolute atomic E-state index is 0.248. The van der Waals surface area contributed by atoms with Crippen molar-refractivity contribution in [3.8, 4) is 0 Å². The van der Waals surface area contributed by atoms with Gasteiger partial charge in [0.1, 0.15) is 24.4 Å². The fraction of sp³-hybridized carbons (Fsp3) is 0.882. The first-order valence-electron chi connectivity index (χ1n) is 16.6. The van der Waals surface area contributed by atoms with Gasteiger partial charge >= 0.3 is 23.9 Å². The Labute approximate surface area is 288 Å². The van der Waals surface area contributed by atoms with Crippen molar-refractivity contribution in [2.75, 3.05) is 13.7 Å². The summed E-state index contributed by atoms with van der Waals surface area (Å²) in [6, 6.07) is 0. The van der Waals surface area contributed by atoms with E-state index in [2.05, 4.69) is 0 Å². The van der Waals surface area contributed by atoms with Gasteiger partial charge in [0.2, 0.25) is 0 Å². The number of esters is 4. The number of hydrogen-bond donors (Lipinski definition) is 0. The van der Waals surface area contributed by atoms with E-state index in [1.807, 2.05) is 0 Å². The smallest absolute Gasteiger partial charge is 0.339 e. The molecule has 0 saturated carbocycles. The van der Waals surface area contributed by atoms with Crippen molar-refractivity contribution in [2.45, 2.75) is 163 Å². The fourth-order valence-electron chi connectivity index (χ4n) is 5.56. The van der Waals surface area contributed by atoms with E-state index in [1.54, 1.807) is 90.0 Å². The van der Waals surface area contributed by atoms with Gasteiger partial charge in [-0.25, -0.2) is 4.79 Å². The Morgan fingerprint density at radius 3 is 1.55 bits per heavy atom. The fourth-order valence-corrected chi connectivity index (χ4v) is 5.56. The molecule has 10 atom stereocenters. The second-order valence-corrected chi connectivity index (χ2v) is 16.8. The molecule has 0 radical (unpaired) electrons. The van der Waals surface area contributed by atoms with Gasteiger partial charge in [0, 0.05) is 0 Å². The average Bonchev–Trinajstić information content (AvgIpc) is 3.45. The molecular formula is C34H54O15. The van der Waals surface area contributed by atoms with Gasteiger partial charge in [-0.05, 0) is 90.0 Å². The van der Waals surface area contributed by atoms with Crippen LogP contribution in [0.2, 0.25) is 0 Å². The first kappa shape index (κ1) is 39.4. The maximum absolute atomic E-state index is 13.4. The van der Waals surface area contributed by atoms with Crippen LogP contribution in [0, 0.1) is 16.2 Å². The van der Waals surface area contributed by atoms with Crippen LogP contribution in [0.25, 0.3) is 0 Å². The van der Waals surface area contributed by atoms with Gasteiger partial charge < -0.3 is 52.1 Å². The summed E-state index contributed by atoms with van der Waals surface area (Å²) in [6.45, 7) is 21.4. The summed E-state index contributed by atoms with van der Waals surface area (Å²) in [5, 5.41) is 0. The molecule has 0 spiro atoms. The Morgan fingerprint density at radius 2 is 1.04 bits per heavy atom. The van der Waals surface area contributed by atoms with Crippen molar-refractivity contribution < 1.29 is 71.3 Å². The molecule has 0 bridgehead atoms. The van der Waals surface area contributed by atoms with Crippen LogP contribution in [-0.4, -0.2) is 111 Å². The standard InChI is InChI=1S/C34H54O15/c1-30(2,3)27(36)43-18-19(44-28(37)31(4,5)6)22(45-29(38)32(7,8)9)25(42-21(18)24(35)39-14)40-15-16-17-20(47-33(10,11)46-17)23-26(41-16)49-34(12,13)48-23/h16-23,25-26H,15H2,1-14H3/t16-,17+,18+,19+,20+,21+,22-,23-,25-,26-/m1/s1. The normalized spacial score (nSPS) is 35.5. The molecule has 0 aromatic carbocycles. The first-order valence-corrected chi connectivity index (χ1v) is 16.6. The molecular weight excluding hydrogens is 648 g/mol. The Balaban J connectivity index is 1.73. The van der Waals surface area contributed by atoms with E-state index < -0.39 is 113 Å². The zero-order valence-corrected chi connectivity index (χ0v) is 31.1. The van der Waals surface area contributed by atoms with Crippen LogP contribution in [0.4, 0.5) is 0 Å². The molecule has 280 valence electrons. The SMILES string of the molecule is COC(=O)[C@H]1O[C@@H](OC[C@H]2O[C@@H]3OC(C)(C)O[C@@H]3[C@H]3OC(C)(C)O[C@H]32)[C@H](OC(=O)C(C)(C)C)[C@@H](OC(=O)C(C)(C)C)[C@@H]1OC(=O)C(C)(C)C. The molecule has 0 aromatic heterocycles. The molecule has 4 rings (SSSR count). The maximum atomic E-state index is 13.4. The summed E-state index contributed by atoms with van der Waals surface area (Å²) in [5.74, 6) is -5.04. The van der Waals surface area contributed by atoms with E-state index in [0.717, 1.165) is 7.11 Å². The Hall–Kier alpha value is -2.40. The van der Waals surface area contributed by atoms with Gasteiger partial charge in [-0.1, -0.05) is 0 Å². The zero-order valence-electron chi connectivity index (χ0n) is 31.1. The minimum Gasteiger partial charge on any atom is -0.467 e. The number of hydrogen-bond acceptors (Lipinski definition) is 15. The van der Waals surface area contributed by atoms with Gasteiger partial charge in [0.05, 0.1) is 30.0 Å². The van der Waals surface area contributed by atoms with Gasteiger partial charge in [-0.2, -0.15) is 0 Å². The van der Waals surface area contributed by atoms with E-state index in [0.29, 0.717) is 0 Å². The molecule has 4 aliphatic rings. The highest BCUT2D eigenvalue weighted by Crippen LogP contribution is 2.44. The van der Waals surface area contributed by atoms with Gasteiger partial charge in [-0.3, -0.25) is 14.4 Å². The lowest BCUT2D eigenvalue weighted by Gasteiger charge is -2.45. The van der Waals surface area contributed by atoms with Crippen LogP contribution < -0.4 is 0 Å². The highest BCUT2D eigenvalue weighted by Gasteiger charge is 2.62. The third kappa shape index (κ3) is 8.92. The molecule has 0 unspecified atom stereocenters. The van der Waals surface area contributed by atoms with Gasteiger partial charge in [-0.15, -0.1) is 0 Å². The second-order valence-electron chi connectivity index (χ2n) is 16.8. The lowest BCUT2D eigenvalue weighted by atomic mass is 9.93. The summed E-state index contributed by atoms with van der Waals surface area (Å²) in [5.41, 5.74) is -3.10. The number of rotatable bonds is 7. The molecule has 4 fully saturated rings. The highest BCUT2D eigenvalue weighted by atomic mass is 16.9. The molecule has 4 heterocycles. The minimum atomic E-state index is -1.65. The summed E-state index contributed by atoms with van der Waals surface area (Å²) < 4.78 is 65.9. The molecule has 0 aromatic rings. The lowest BCUT2D eigenvalue weighted by molar-refractivity contribution is -0.317. The molecule has 0 N–H and O–H groups in total. The lowest BCUT2D eigenvalue weighted by Crippen LogP contribution is -2.65. The van der Waals surface area contributed by atoms with Crippen molar-refractivity contribution in [2.24, 2.45) is 16.2 Å². The number of carbonyl (C=O) groups excluding carboxylic acids is 4. The quantitative estimate of drug-likeness (QED) is 0.280. The highest BCUT2D eigenvalue weighted by molar-refractivity contribution is 5.80. The number of methoxy groups -OCH3 is 1. The number of fused-ring (bicyclic) bond motifs is 3. The van der Waals surface area contributed by atoms with Crippen LogP contribution in [0.3, 0.4) is 0 Å². The monoisotopic (exact) mass is 702 g/mol. The summed E-state index contributed by atoms with van der Waals surface area (Å²) >= 11 is 0. The molecule has 49 heavy (non-hydrogen) atoms. The van der Waals surface area contributed by atoms with Crippen molar-refractivity contribution in [1.82, 2.24) is 0 Å². The van der Waals surface area contributed by atoms with Crippen molar-refractivity contribution in [3.05, 3.63) is 0 Å². The van der Waals surface area contributed by atoms with Crippen LogP contribution >= 0.6 is 0 Å². The van der Waals surface area contributed by atoms with Crippen molar-refractivity contribution in [1.29, 1.82) is 0 Å². The maximum Gasteiger partial charge on any atom is 0.339 e. The predicted molar refractivity (Wildman–Crippen MR) is 167 cm³/mol. The molecule has 0 amide bonds. The van der Waals surface area contributed by atoms with Gasteiger partial charge in [0.25, 0.3) is 0 Å². The summed E-state index contributed by atoms with van der Waals surface area (Å²) in [7, 11) is 1.13. The van der Waals surface area contributed by atoms with E-state index in [4.69, 9.17) is 52.1 Å². The van der Waals surface area contributed by atoms with Crippen LogP contribution in [-0.2, 0) is 71.3 Å². The van der Waals surface area contributed by atoms with Crippen molar-refractivity contribution >= 4 is 23.9 Å². The largest absolute Gasteiger partial charge is 0.467 e. The van der Waals surface area contributed by atoms with E-state index in [-0.39, 0.29) is 6.61 Å². The molecule has 15 heteroatoms. The molecule has 15 nitrogen and oxygen atoms in total. The van der Waals surface area contributed by atoms with E-state index in [1.165, 1.54) is 0 Å². The van der Waals surface area contributed by atoms with Crippen LogP contribution in [0.1, 0.15) is 90.0 Å².